The lowest BCUT2D eigenvalue weighted by Crippen LogP contribution is -2.15. The Morgan fingerprint density at radius 2 is 0.929 bits per heavy atom. The van der Waals surface area contributed by atoms with E-state index in [0.717, 1.165) is 50.3 Å². The third-order valence-electron chi connectivity index (χ3n) is 4.79. The molecular formula is C25H53O13P2S2-. The van der Waals surface area contributed by atoms with Crippen LogP contribution in [0.25, 0.3) is 0 Å². The van der Waals surface area contributed by atoms with E-state index in [-0.39, 0.29) is 26.4 Å². The number of rotatable bonds is 33. The summed E-state index contributed by atoms with van der Waals surface area (Å²) in [5.74, 6) is 2.25. The number of unbranched alkanes of at least 4 members (excludes halogenated alkanes) is 6. The quantitative estimate of drug-likeness (QED) is 0.0583. The van der Waals surface area contributed by atoms with Gasteiger partial charge in [-0.25, -0.2) is 0 Å². The highest BCUT2D eigenvalue weighted by Gasteiger charge is 2.08. The summed E-state index contributed by atoms with van der Waals surface area (Å²) in [5.41, 5.74) is 0. The van der Waals surface area contributed by atoms with Crippen molar-refractivity contribution in [3.63, 3.8) is 0 Å². The van der Waals surface area contributed by atoms with E-state index in [1.165, 1.54) is 12.8 Å². The van der Waals surface area contributed by atoms with Crippen molar-refractivity contribution in [1.29, 1.82) is 0 Å². The fraction of sp³-hybridized carbons (Fsp3) is 1.00. The zero-order valence-electron chi connectivity index (χ0n) is 25.1. The van der Waals surface area contributed by atoms with Crippen LogP contribution in [0.15, 0.2) is 0 Å². The summed E-state index contributed by atoms with van der Waals surface area (Å²) in [6, 6.07) is 0. The van der Waals surface area contributed by atoms with Gasteiger partial charge < -0.3 is 52.7 Å². The molecule has 0 heterocycles. The van der Waals surface area contributed by atoms with Gasteiger partial charge in [0.2, 0.25) is 0 Å². The fourth-order valence-electron chi connectivity index (χ4n) is 2.83. The summed E-state index contributed by atoms with van der Waals surface area (Å²) in [6.45, 7) is 5.31. The molecule has 0 saturated heterocycles. The number of hydrogen-bond donors (Lipinski definition) is 2. The first-order chi connectivity index (χ1) is 20.4. The molecule has 2 atom stereocenters. The second-order valence-corrected chi connectivity index (χ2v) is 13.5. The Morgan fingerprint density at radius 3 is 1.36 bits per heavy atom. The predicted octanol–water partition coefficient (Wildman–Crippen LogP) is 2.78. The molecule has 0 aliphatic rings. The summed E-state index contributed by atoms with van der Waals surface area (Å²) < 4.78 is 56.8. The Hall–Kier alpha value is 0.590. The van der Waals surface area contributed by atoms with Crippen molar-refractivity contribution in [2.45, 2.75) is 51.4 Å². The highest BCUT2D eigenvalue weighted by atomic mass is 33.1. The van der Waals surface area contributed by atoms with Crippen LogP contribution in [0.4, 0.5) is 0 Å². The average molecular weight is 688 g/mol. The largest absolute Gasteiger partial charge is 0.756 e. The molecule has 13 nitrogen and oxygen atoms in total. The number of aliphatic hydroxyl groups is 2. The molecule has 0 fully saturated rings. The molecule has 0 aromatic heterocycles. The van der Waals surface area contributed by atoms with Gasteiger partial charge in [-0.2, -0.15) is 0 Å². The van der Waals surface area contributed by atoms with Crippen LogP contribution in [0.1, 0.15) is 51.4 Å². The summed E-state index contributed by atoms with van der Waals surface area (Å²) >= 11 is 0. The van der Waals surface area contributed by atoms with Crippen molar-refractivity contribution in [3.8, 4) is 0 Å². The van der Waals surface area contributed by atoms with Gasteiger partial charge in [0, 0.05) is 18.1 Å². The molecule has 0 rings (SSSR count). The highest BCUT2D eigenvalue weighted by Crippen LogP contribution is 2.38. The normalized spacial score (nSPS) is 13.0. The molecule has 2 unspecified atom stereocenters. The number of phosphoric acid groups is 1. The van der Waals surface area contributed by atoms with Gasteiger partial charge in [0.15, 0.2) is 0 Å². The van der Waals surface area contributed by atoms with E-state index in [1.54, 1.807) is 0 Å². The van der Waals surface area contributed by atoms with E-state index in [1.807, 2.05) is 21.6 Å². The van der Waals surface area contributed by atoms with Crippen molar-refractivity contribution in [2.75, 3.05) is 111 Å². The van der Waals surface area contributed by atoms with Gasteiger partial charge >= 0.3 is 8.03 Å². The smallest absolute Gasteiger partial charge is 0.305 e. The highest BCUT2D eigenvalue weighted by molar-refractivity contribution is 8.76. The van der Waals surface area contributed by atoms with Crippen molar-refractivity contribution in [2.24, 2.45) is 0 Å². The molecule has 0 bridgehead atoms. The maximum absolute atomic E-state index is 11.8. The van der Waals surface area contributed by atoms with E-state index in [0.29, 0.717) is 72.5 Å². The minimum atomic E-state index is -4.29. The van der Waals surface area contributed by atoms with Crippen LogP contribution in [-0.2, 0) is 41.9 Å². The maximum atomic E-state index is 11.8. The lowest BCUT2D eigenvalue weighted by molar-refractivity contribution is -0.226. The van der Waals surface area contributed by atoms with Crippen molar-refractivity contribution >= 4 is 37.4 Å². The molecule has 0 spiro atoms. The van der Waals surface area contributed by atoms with Crippen LogP contribution in [0.3, 0.4) is 0 Å². The van der Waals surface area contributed by atoms with Gasteiger partial charge in [0.25, 0.3) is 7.82 Å². The number of phosphoric ester groups is 1. The number of aliphatic hydroxyl groups excluding tert-OH is 2. The zero-order chi connectivity index (χ0) is 31.4. The predicted molar refractivity (Wildman–Crippen MR) is 163 cm³/mol. The van der Waals surface area contributed by atoms with Gasteiger partial charge in [-0.05, 0) is 25.7 Å². The van der Waals surface area contributed by atoms with Gasteiger partial charge in [0.05, 0.1) is 85.9 Å². The molecule has 0 saturated carbocycles. The van der Waals surface area contributed by atoms with Gasteiger partial charge in [-0.15, -0.1) is 0 Å². The van der Waals surface area contributed by atoms with E-state index >= 15 is 0 Å². The minimum Gasteiger partial charge on any atom is -0.756 e. The van der Waals surface area contributed by atoms with Crippen LogP contribution in [0, 0.1) is 0 Å². The van der Waals surface area contributed by atoms with Crippen LogP contribution in [-0.4, -0.2) is 121 Å². The molecule has 0 aromatic rings. The molecule has 0 aromatic carbocycles. The monoisotopic (exact) mass is 687 g/mol. The Bertz CT molecular complexity index is 595. The molecule has 0 aliphatic heterocycles. The van der Waals surface area contributed by atoms with Crippen molar-refractivity contribution in [1.82, 2.24) is 0 Å². The molecule has 254 valence electrons. The van der Waals surface area contributed by atoms with E-state index in [2.05, 4.69) is 0 Å². The van der Waals surface area contributed by atoms with Gasteiger partial charge in [0.1, 0.15) is 6.66 Å². The lowest BCUT2D eigenvalue weighted by atomic mass is 10.2. The topological polar surface area (TPSA) is 185 Å². The van der Waals surface area contributed by atoms with Crippen molar-refractivity contribution in [3.05, 3.63) is 0 Å². The molecule has 2 N–H and O–H groups in total. The first kappa shape index (κ1) is 44.7. The average Bonchev–Trinajstić information content (AvgIpc) is 2.94. The first-order valence-corrected chi connectivity index (χ1v) is 20.0. The zero-order valence-corrected chi connectivity index (χ0v) is 28.5. The minimum absolute atomic E-state index is 0.00845. The van der Waals surface area contributed by atoms with E-state index < -0.39 is 15.9 Å². The second kappa shape index (κ2) is 37.8. The SMILES string of the molecule is C[P+](=O)[O-].O=P([O-])(OCCCCCCSSCCCCCCO)OCCOCCOCCOCCOCCOCCO. The fourth-order valence-corrected chi connectivity index (χ4v) is 5.85. The summed E-state index contributed by atoms with van der Waals surface area (Å²) in [7, 11) is -2.61. The Balaban J connectivity index is 0. The molecule has 42 heavy (non-hydrogen) atoms. The van der Waals surface area contributed by atoms with Crippen LogP contribution < -0.4 is 9.79 Å². The third kappa shape index (κ3) is 45.0. The first-order valence-electron chi connectivity index (χ1n) is 14.4. The Labute approximate surface area is 260 Å². The summed E-state index contributed by atoms with van der Waals surface area (Å²) in [6.07, 6.45) is 8.17. The molecule has 17 heteroatoms. The Morgan fingerprint density at radius 1 is 0.571 bits per heavy atom. The van der Waals surface area contributed by atoms with Crippen molar-refractivity contribution < 1.29 is 61.9 Å². The van der Waals surface area contributed by atoms with Crippen LogP contribution in [0.5, 0.6) is 0 Å². The molecule has 0 aliphatic carbocycles. The van der Waals surface area contributed by atoms with Crippen LogP contribution in [0.2, 0.25) is 0 Å². The standard InChI is InChI=1S/C24H51O11PS2.CH3O2P/c25-9-5-1-3-7-23-37-38-24-8-4-2-6-11-34-36(27,28)35-22-21-33-20-19-32-18-17-31-16-15-30-14-13-29-12-10-26;1-4(2)3/h25-26H,1-24H2,(H,27,28);1H3/p-1. The molecule has 0 amide bonds. The summed E-state index contributed by atoms with van der Waals surface area (Å²) in [4.78, 5) is 20.8. The van der Waals surface area contributed by atoms with Crippen LogP contribution >= 0.6 is 37.4 Å². The molecular weight excluding hydrogens is 634 g/mol. The summed E-state index contributed by atoms with van der Waals surface area (Å²) in [5, 5.41) is 17.3. The van der Waals surface area contributed by atoms with Gasteiger partial charge in [-0.3, -0.25) is 4.57 Å². The number of hydrogen-bond acceptors (Lipinski definition) is 15. The Kier molecular flexibility index (Phi) is 40.2. The van der Waals surface area contributed by atoms with Gasteiger partial charge in [-0.1, -0.05) is 51.8 Å². The second-order valence-electron chi connectivity index (χ2n) is 8.53. The molecule has 0 radical (unpaired) electrons. The number of ether oxygens (including phenoxy) is 5. The lowest BCUT2D eigenvalue weighted by Gasteiger charge is -2.22. The van der Waals surface area contributed by atoms with E-state index in [9.17, 15) is 9.46 Å². The van der Waals surface area contributed by atoms with E-state index in [4.69, 9.17) is 52.4 Å². The third-order valence-corrected chi connectivity index (χ3v) is 8.37. The maximum Gasteiger partial charge on any atom is 0.305 e.